The second kappa shape index (κ2) is 3.29. The highest BCUT2D eigenvalue weighted by molar-refractivity contribution is 4.76. The van der Waals surface area contributed by atoms with E-state index < -0.39 is 24.9 Å². The van der Waals surface area contributed by atoms with Crippen molar-refractivity contribution in [2.24, 2.45) is 0 Å². The summed E-state index contributed by atoms with van der Waals surface area (Å²) in [5, 5.41) is 7.89. The normalized spacial score (nSPS) is 18.5. The average Bonchev–Trinajstić information content (AvgIpc) is 1.82. The van der Waals surface area contributed by atoms with Crippen LogP contribution in [0.2, 0.25) is 0 Å². The topological polar surface area (TPSA) is 20.2 Å². The number of halogens is 6. The first kappa shape index (κ1) is 10.5. The van der Waals surface area contributed by atoms with Crippen molar-refractivity contribution in [3.63, 3.8) is 0 Å². The van der Waals surface area contributed by atoms with Crippen LogP contribution in [0.5, 0.6) is 0 Å². The Kier molecular flexibility index (Phi) is 3.15. The van der Waals surface area contributed by atoms with Crippen molar-refractivity contribution in [2.75, 3.05) is 0 Å². The van der Waals surface area contributed by atoms with E-state index in [1.54, 1.807) is 0 Å². The zero-order valence-corrected chi connectivity index (χ0v) is 4.95. The summed E-state index contributed by atoms with van der Waals surface area (Å²) in [6, 6.07) is 0. The van der Waals surface area contributed by atoms with Gasteiger partial charge < -0.3 is 5.11 Å². The van der Waals surface area contributed by atoms with Crippen molar-refractivity contribution < 1.29 is 31.4 Å². The monoisotopic (exact) mass is 182 g/mol. The van der Waals surface area contributed by atoms with Gasteiger partial charge in [0.2, 0.25) is 6.17 Å². The van der Waals surface area contributed by atoms with E-state index in [0.29, 0.717) is 0 Å². The molecule has 0 amide bonds. The highest BCUT2D eigenvalue weighted by Crippen LogP contribution is 2.27. The van der Waals surface area contributed by atoms with Crippen molar-refractivity contribution in [3.05, 3.63) is 0 Å². The summed E-state index contributed by atoms with van der Waals surface area (Å²) in [6.45, 7) is 0. The molecule has 0 aliphatic heterocycles. The van der Waals surface area contributed by atoms with Gasteiger partial charge in [0.1, 0.15) is 0 Å². The Bertz CT molecular complexity index is 120. The highest BCUT2D eigenvalue weighted by Gasteiger charge is 2.48. The molecule has 0 aromatic carbocycles. The van der Waals surface area contributed by atoms with Gasteiger partial charge in [-0.3, -0.25) is 0 Å². The fraction of sp³-hybridized carbons (Fsp3) is 1.00. The van der Waals surface area contributed by atoms with Gasteiger partial charge in [-0.2, -0.15) is 13.2 Å². The van der Waals surface area contributed by atoms with Gasteiger partial charge >= 0.3 is 6.18 Å². The predicted octanol–water partition coefficient (Wildman–Crippen LogP) is 1.51. The van der Waals surface area contributed by atoms with Gasteiger partial charge in [-0.25, -0.2) is 13.2 Å². The van der Waals surface area contributed by atoms with Gasteiger partial charge in [0.25, 0.3) is 6.43 Å². The van der Waals surface area contributed by atoms with Gasteiger partial charge in [0, 0.05) is 0 Å². The first-order valence-corrected chi connectivity index (χ1v) is 2.44. The maximum absolute atomic E-state index is 11.7. The molecule has 0 aliphatic rings. The second-order valence-corrected chi connectivity index (χ2v) is 1.77. The molecule has 1 N–H and O–H groups in total. The highest BCUT2D eigenvalue weighted by atomic mass is 19.4. The number of aliphatic hydroxyl groups excluding tert-OH is 1. The number of alkyl halides is 6. The van der Waals surface area contributed by atoms with Crippen molar-refractivity contribution in [3.8, 4) is 0 Å². The molecule has 68 valence electrons. The van der Waals surface area contributed by atoms with Crippen molar-refractivity contribution in [1.82, 2.24) is 0 Å². The fourth-order valence-electron chi connectivity index (χ4n) is 0.321. The van der Waals surface area contributed by atoms with Crippen LogP contribution in [0.25, 0.3) is 0 Å². The molecule has 0 bridgehead atoms. The lowest BCUT2D eigenvalue weighted by atomic mass is 10.2. The molecule has 11 heavy (non-hydrogen) atoms. The molecular formula is C4H4F6O. The van der Waals surface area contributed by atoms with Crippen LogP contribution in [0.4, 0.5) is 26.3 Å². The fourth-order valence-corrected chi connectivity index (χ4v) is 0.321. The van der Waals surface area contributed by atoms with E-state index in [1.807, 2.05) is 0 Å². The van der Waals surface area contributed by atoms with Gasteiger partial charge in [0.15, 0.2) is 6.10 Å². The molecule has 1 nitrogen and oxygen atoms in total. The summed E-state index contributed by atoms with van der Waals surface area (Å²) in [4.78, 5) is 0. The minimum absolute atomic E-state index is 3.30. The maximum Gasteiger partial charge on any atom is 0.422 e. The molecule has 7 heteroatoms. The predicted molar refractivity (Wildman–Crippen MR) is 23.0 cm³/mol. The molecule has 0 heterocycles. The third-order valence-electron chi connectivity index (χ3n) is 0.871. The quantitative estimate of drug-likeness (QED) is 0.641. The Hall–Kier alpha value is -0.460. The summed E-state index contributed by atoms with van der Waals surface area (Å²) in [7, 11) is 0. The summed E-state index contributed by atoms with van der Waals surface area (Å²) in [5.74, 6) is 0. The Morgan fingerprint density at radius 2 is 1.36 bits per heavy atom. The molecular weight excluding hydrogens is 178 g/mol. The van der Waals surface area contributed by atoms with Gasteiger partial charge in [-0.15, -0.1) is 0 Å². The molecule has 0 fully saturated rings. The Morgan fingerprint density at radius 1 is 1.00 bits per heavy atom. The lowest BCUT2D eigenvalue weighted by Crippen LogP contribution is -2.40. The number of rotatable bonds is 2. The molecule has 0 aromatic rings. The number of aliphatic hydroxyl groups is 1. The first-order chi connectivity index (χ1) is 4.76. The van der Waals surface area contributed by atoms with E-state index in [9.17, 15) is 26.3 Å². The molecule has 0 aromatic heterocycles. The lowest BCUT2D eigenvalue weighted by molar-refractivity contribution is -0.220. The maximum atomic E-state index is 11.7. The molecule has 0 spiro atoms. The van der Waals surface area contributed by atoms with Gasteiger partial charge in [-0.1, -0.05) is 0 Å². The molecule has 0 aliphatic carbocycles. The van der Waals surface area contributed by atoms with Gasteiger partial charge in [-0.05, 0) is 0 Å². The average molecular weight is 182 g/mol. The second-order valence-electron chi connectivity index (χ2n) is 1.77. The van der Waals surface area contributed by atoms with E-state index in [-0.39, 0.29) is 0 Å². The van der Waals surface area contributed by atoms with E-state index in [0.717, 1.165) is 0 Å². The van der Waals surface area contributed by atoms with E-state index in [4.69, 9.17) is 5.11 Å². The summed E-state index contributed by atoms with van der Waals surface area (Å²) >= 11 is 0. The molecule has 0 radical (unpaired) electrons. The van der Waals surface area contributed by atoms with Crippen LogP contribution >= 0.6 is 0 Å². The van der Waals surface area contributed by atoms with Crippen molar-refractivity contribution >= 4 is 0 Å². The van der Waals surface area contributed by atoms with Crippen LogP contribution in [-0.2, 0) is 0 Å². The van der Waals surface area contributed by atoms with Crippen LogP contribution in [0.1, 0.15) is 0 Å². The summed E-state index contributed by atoms with van der Waals surface area (Å²) in [6.07, 6.45) is -16.3. The Labute approximate surface area is 57.6 Å². The van der Waals surface area contributed by atoms with Crippen LogP contribution in [-0.4, -0.2) is 30.0 Å². The minimum atomic E-state index is -5.43. The number of hydrogen-bond donors (Lipinski definition) is 1. The molecule has 0 rings (SSSR count). The van der Waals surface area contributed by atoms with Crippen LogP contribution in [0, 0.1) is 0 Å². The molecule has 0 saturated heterocycles. The van der Waals surface area contributed by atoms with Gasteiger partial charge in [0.05, 0.1) is 0 Å². The molecule has 0 saturated carbocycles. The van der Waals surface area contributed by atoms with E-state index in [1.165, 1.54) is 0 Å². The van der Waals surface area contributed by atoms with E-state index >= 15 is 0 Å². The van der Waals surface area contributed by atoms with Crippen molar-refractivity contribution in [1.29, 1.82) is 0 Å². The Morgan fingerprint density at radius 3 is 1.45 bits per heavy atom. The number of hydrogen-bond acceptors (Lipinski definition) is 1. The van der Waals surface area contributed by atoms with Crippen molar-refractivity contribution in [2.45, 2.75) is 24.9 Å². The standard InChI is InChI=1S/C4H4F6O/c5-2(4(8,9)10)1(11)3(6)7/h1-3,11H. The third kappa shape index (κ3) is 2.96. The zero-order chi connectivity index (χ0) is 9.23. The third-order valence-corrected chi connectivity index (χ3v) is 0.871. The smallest absolute Gasteiger partial charge is 0.384 e. The molecule has 2 atom stereocenters. The summed E-state index contributed by atoms with van der Waals surface area (Å²) < 4.78 is 67.7. The first-order valence-electron chi connectivity index (χ1n) is 2.44. The minimum Gasteiger partial charge on any atom is -0.384 e. The van der Waals surface area contributed by atoms with E-state index in [2.05, 4.69) is 0 Å². The van der Waals surface area contributed by atoms with Crippen LogP contribution < -0.4 is 0 Å². The molecule has 2 unspecified atom stereocenters. The summed E-state index contributed by atoms with van der Waals surface area (Å²) in [5.41, 5.74) is 0. The SMILES string of the molecule is OC(C(F)F)C(F)C(F)(F)F. The largest absolute Gasteiger partial charge is 0.422 e. The zero-order valence-electron chi connectivity index (χ0n) is 4.95. The Balaban J connectivity index is 4.13. The van der Waals surface area contributed by atoms with Crippen LogP contribution in [0.3, 0.4) is 0 Å². The van der Waals surface area contributed by atoms with Crippen LogP contribution in [0.15, 0.2) is 0 Å². The lowest BCUT2D eigenvalue weighted by Gasteiger charge is -2.16.